The minimum atomic E-state index is 0.462. The van der Waals surface area contributed by atoms with Gasteiger partial charge in [-0.1, -0.05) is 34.1 Å². The molecular weight excluding hydrogens is 208 g/mol. The second-order valence-electron chi connectivity index (χ2n) is 8.00. The molecule has 2 aliphatic carbocycles. The second kappa shape index (κ2) is 3.50. The Morgan fingerprint density at radius 2 is 1.59 bits per heavy atom. The molecule has 1 spiro atoms. The number of hydrogen-bond donors (Lipinski definition) is 0. The van der Waals surface area contributed by atoms with E-state index in [-0.39, 0.29) is 0 Å². The largest absolute Gasteiger partial charge is 0.377 e. The fourth-order valence-electron chi connectivity index (χ4n) is 6.15. The van der Waals surface area contributed by atoms with E-state index >= 15 is 0 Å². The summed E-state index contributed by atoms with van der Waals surface area (Å²) in [5.74, 6) is 0.858. The van der Waals surface area contributed by atoms with Gasteiger partial charge in [-0.05, 0) is 48.9 Å². The summed E-state index contributed by atoms with van der Waals surface area (Å²) in [6, 6.07) is 0. The van der Waals surface area contributed by atoms with E-state index in [0.29, 0.717) is 22.3 Å². The van der Waals surface area contributed by atoms with Gasteiger partial charge in [-0.3, -0.25) is 0 Å². The third-order valence-corrected chi connectivity index (χ3v) is 6.38. The standard InChI is InChI=1S/C16H28O/c1-14(2)11-15(3,4)16(14)9-5-7-12-8-6-10-17-13(12)16/h12-13H,5-11H2,1-4H3. The molecule has 0 N–H and O–H groups in total. The molecule has 0 amide bonds. The SMILES string of the molecule is CC1(C)CC(C)(C)C12CCCC1CCCOC12. The number of ether oxygens (including phenoxy) is 1. The average Bonchev–Trinajstić information content (AvgIpc) is 2.26. The maximum Gasteiger partial charge on any atom is 0.0669 e. The maximum absolute atomic E-state index is 6.31. The van der Waals surface area contributed by atoms with Crippen molar-refractivity contribution in [2.24, 2.45) is 22.2 Å². The number of fused-ring (bicyclic) bond motifs is 2. The molecule has 2 atom stereocenters. The van der Waals surface area contributed by atoms with E-state index in [9.17, 15) is 0 Å². The fourth-order valence-corrected chi connectivity index (χ4v) is 6.15. The minimum absolute atomic E-state index is 0.462. The highest BCUT2D eigenvalue weighted by Gasteiger charge is 2.70. The Balaban J connectivity index is 1.98. The quantitative estimate of drug-likeness (QED) is 0.605. The molecule has 1 heteroatoms. The van der Waals surface area contributed by atoms with Crippen LogP contribution in [0.15, 0.2) is 0 Å². The molecule has 0 bridgehead atoms. The van der Waals surface area contributed by atoms with E-state index in [1.807, 2.05) is 0 Å². The van der Waals surface area contributed by atoms with Crippen molar-refractivity contribution in [1.82, 2.24) is 0 Å². The fraction of sp³-hybridized carbons (Fsp3) is 1.00. The van der Waals surface area contributed by atoms with E-state index in [1.54, 1.807) is 0 Å². The lowest BCUT2D eigenvalue weighted by atomic mass is 9.33. The lowest BCUT2D eigenvalue weighted by Gasteiger charge is -2.73. The van der Waals surface area contributed by atoms with Crippen LogP contribution in [0.2, 0.25) is 0 Å². The van der Waals surface area contributed by atoms with Gasteiger partial charge in [-0.15, -0.1) is 0 Å². The van der Waals surface area contributed by atoms with Gasteiger partial charge in [0.05, 0.1) is 6.10 Å². The topological polar surface area (TPSA) is 9.23 Å². The third-order valence-electron chi connectivity index (χ3n) is 6.38. The molecule has 1 nitrogen and oxygen atoms in total. The lowest BCUT2D eigenvalue weighted by molar-refractivity contribution is -0.288. The Morgan fingerprint density at radius 1 is 0.941 bits per heavy atom. The summed E-state index contributed by atoms with van der Waals surface area (Å²) in [4.78, 5) is 0. The van der Waals surface area contributed by atoms with Gasteiger partial charge in [0.15, 0.2) is 0 Å². The average molecular weight is 236 g/mol. The smallest absolute Gasteiger partial charge is 0.0669 e. The zero-order valence-corrected chi connectivity index (χ0v) is 12.0. The first kappa shape index (κ1) is 12.0. The van der Waals surface area contributed by atoms with Crippen molar-refractivity contribution < 1.29 is 4.74 Å². The lowest BCUT2D eigenvalue weighted by Crippen LogP contribution is -2.69. The highest BCUT2D eigenvalue weighted by atomic mass is 16.5. The molecule has 0 radical (unpaired) electrons. The van der Waals surface area contributed by atoms with Gasteiger partial charge in [0.1, 0.15) is 0 Å². The number of hydrogen-bond acceptors (Lipinski definition) is 1. The zero-order valence-electron chi connectivity index (χ0n) is 12.0. The van der Waals surface area contributed by atoms with E-state index < -0.39 is 0 Å². The Labute approximate surface area is 106 Å². The van der Waals surface area contributed by atoms with Crippen LogP contribution in [0.25, 0.3) is 0 Å². The molecule has 0 aromatic carbocycles. The zero-order chi connectivity index (χ0) is 12.3. The molecule has 0 aromatic heterocycles. The van der Waals surface area contributed by atoms with Crippen molar-refractivity contribution in [3.8, 4) is 0 Å². The maximum atomic E-state index is 6.31. The van der Waals surface area contributed by atoms with Crippen LogP contribution in [-0.4, -0.2) is 12.7 Å². The van der Waals surface area contributed by atoms with Crippen LogP contribution in [-0.2, 0) is 4.74 Å². The van der Waals surface area contributed by atoms with Crippen molar-refractivity contribution in [3.05, 3.63) is 0 Å². The summed E-state index contributed by atoms with van der Waals surface area (Å²) in [6.07, 6.45) is 8.87. The Hall–Kier alpha value is -0.0400. The van der Waals surface area contributed by atoms with Crippen LogP contribution in [0, 0.1) is 22.2 Å². The van der Waals surface area contributed by atoms with Gasteiger partial charge >= 0.3 is 0 Å². The minimum Gasteiger partial charge on any atom is -0.377 e. The first-order valence-electron chi connectivity index (χ1n) is 7.52. The third kappa shape index (κ3) is 1.35. The van der Waals surface area contributed by atoms with Crippen molar-refractivity contribution in [2.75, 3.05) is 6.61 Å². The monoisotopic (exact) mass is 236 g/mol. The number of rotatable bonds is 0. The Bertz CT molecular complexity index is 299. The summed E-state index contributed by atoms with van der Waals surface area (Å²) in [7, 11) is 0. The van der Waals surface area contributed by atoms with Crippen molar-refractivity contribution in [3.63, 3.8) is 0 Å². The predicted molar refractivity (Wildman–Crippen MR) is 70.9 cm³/mol. The molecular formula is C16H28O. The molecule has 3 rings (SSSR count). The van der Waals surface area contributed by atoms with Gasteiger partial charge in [-0.25, -0.2) is 0 Å². The summed E-state index contributed by atoms with van der Waals surface area (Å²) in [6.45, 7) is 10.9. The molecule has 1 heterocycles. The van der Waals surface area contributed by atoms with E-state index in [4.69, 9.17) is 4.74 Å². The summed E-state index contributed by atoms with van der Waals surface area (Å²) >= 11 is 0. The van der Waals surface area contributed by atoms with Gasteiger partial charge in [0, 0.05) is 12.0 Å². The van der Waals surface area contributed by atoms with Gasteiger partial charge in [0.25, 0.3) is 0 Å². The molecule has 3 aliphatic rings. The predicted octanol–water partition coefficient (Wildman–Crippen LogP) is 4.41. The van der Waals surface area contributed by atoms with Crippen molar-refractivity contribution >= 4 is 0 Å². The molecule has 17 heavy (non-hydrogen) atoms. The van der Waals surface area contributed by atoms with Crippen LogP contribution in [0.3, 0.4) is 0 Å². The molecule has 2 unspecified atom stereocenters. The molecule has 98 valence electrons. The normalized spacial score (nSPS) is 41.6. The highest BCUT2D eigenvalue weighted by molar-refractivity contribution is 5.18. The van der Waals surface area contributed by atoms with Crippen LogP contribution in [0.5, 0.6) is 0 Å². The first-order chi connectivity index (χ1) is 7.91. The van der Waals surface area contributed by atoms with Crippen molar-refractivity contribution in [1.29, 1.82) is 0 Å². The van der Waals surface area contributed by atoms with Crippen LogP contribution in [0.1, 0.15) is 66.2 Å². The van der Waals surface area contributed by atoms with E-state index in [1.165, 1.54) is 38.5 Å². The van der Waals surface area contributed by atoms with Crippen LogP contribution >= 0.6 is 0 Å². The first-order valence-corrected chi connectivity index (χ1v) is 7.52. The van der Waals surface area contributed by atoms with Gasteiger partial charge in [-0.2, -0.15) is 0 Å². The second-order valence-corrected chi connectivity index (χ2v) is 8.00. The van der Waals surface area contributed by atoms with Gasteiger partial charge in [0.2, 0.25) is 0 Å². The van der Waals surface area contributed by atoms with Crippen LogP contribution < -0.4 is 0 Å². The molecule has 1 saturated heterocycles. The Kier molecular flexibility index (Phi) is 2.47. The summed E-state index contributed by atoms with van der Waals surface area (Å²) in [5.41, 5.74) is 1.43. The van der Waals surface area contributed by atoms with Crippen LogP contribution in [0.4, 0.5) is 0 Å². The molecule has 0 aromatic rings. The van der Waals surface area contributed by atoms with Crippen molar-refractivity contribution in [2.45, 2.75) is 72.3 Å². The van der Waals surface area contributed by atoms with E-state index in [2.05, 4.69) is 27.7 Å². The molecule has 1 aliphatic heterocycles. The van der Waals surface area contributed by atoms with Gasteiger partial charge < -0.3 is 4.74 Å². The molecule has 3 fully saturated rings. The Morgan fingerprint density at radius 3 is 2.24 bits per heavy atom. The summed E-state index contributed by atoms with van der Waals surface area (Å²) < 4.78 is 6.31. The summed E-state index contributed by atoms with van der Waals surface area (Å²) in [5, 5.41) is 0. The highest BCUT2D eigenvalue weighted by Crippen LogP contribution is 2.74. The van der Waals surface area contributed by atoms with E-state index in [0.717, 1.165) is 12.5 Å². The molecule has 2 saturated carbocycles.